The number of benzene rings is 2. The van der Waals surface area contributed by atoms with Crippen molar-refractivity contribution in [3.63, 3.8) is 0 Å². The summed E-state index contributed by atoms with van der Waals surface area (Å²) in [5.41, 5.74) is 0.985. The number of amides is 1. The number of halogens is 1. The Hall–Kier alpha value is -4.53. The minimum atomic E-state index is -0.733. The van der Waals surface area contributed by atoms with Crippen molar-refractivity contribution in [3.05, 3.63) is 88.6 Å². The second-order valence-electron chi connectivity index (χ2n) is 6.89. The molecule has 33 heavy (non-hydrogen) atoms. The summed E-state index contributed by atoms with van der Waals surface area (Å²) in [7, 11) is 0. The standard InChI is InChI=1S/C24H18FN3O5/c1-2-32-24(31)28-19-11-15(33-23(30)14-5-4-10-26-13-14)8-9-16(19)20-12-21(29)22-17(25)6-3-7-18(22)27-20/h3-13H,2H2,1H3,(H,27,29)(H,28,31). The topological polar surface area (TPSA) is 110 Å². The van der Waals surface area contributed by atoms with Crippen LogP contribution in [0.5, 0.6) is 5.75 Å². The number of anilines is 1. The van der Waals surface area contributed by atoms with E-state index in [9.17, 15) is 18.8 Å². The molecule has 0 radical (unpaired) electrons. The second-order valence-corrected chi connectivity index (χ2v) is 6.89. The number of pyridine rings is 2. The number of aromatic amines is 1. The van der Waals surface area contributed by atoms with Crippen molar-refractivity contribution in [1.29, 1.82) is 0 Å². The third-order valence-electron chi connectivity index (χ3n) is 4.71. The van der Waals surface area contributed by atoms with Gasteiger partial charge in [-0.1, -0.05) is 6.07 Å². The molecule has 2 aromatic carbocycles. The molecule has 8 nitrogen and oxygen atoms in total. The van der Waals surface area contributed by atoms with Crippen molar-refractivity contribution in [2.75, 3.05) is 11.9 Å². The Morgan fingerprint density at radius 3 is 2.73 bits per heavy atom. The summed E-state index contributed by atoms with van der Waals surface area (Å²) in [4.78, 5) is 43.9. The number of hydrogen-bond donors (Lipinski definition) is 2. The lowest BCUT2D eigenvalue weighted by Gasteiger charge is -2.14. The molecule has 0 atom stereocenters. The molecular weight excluding hydrogens is 429 g/mol. The summed E-state index contributed by atoms with van der Waals surface area (Å²) in [6.45, 7) is 1.80. The first-order valence-corrected chi connectivity index (χ1v) is 9.98. The van der Waals surface area contributed by atoms with E-state index in [0.29, 0.717) is 16.8 Å². The van der Waals surface area contributed by atoms with Gasteiger partial charge in [0.15, 0.2) is 5.43 Å². The fourth-order valence-electron chi connectivity index (χ4n) is 3.26. The average Bonchev–Trinajstić information content (AvgIpc) is 2.80. The van der Waals surface area contributed by atoms with Crippen molar-refractivity contribution >= 4 is 28.7 Å². The summed E-state index contributed by atoms with van der Waals surface area (Å²) in [6.07, 6.45) is 2.17. The number of H-pyrrole nitrogens is 1. The van der Waals surface area contributed by atoms with Gasteiger partial charge in [-0.25, -0.2) is 14.0 Å². The number of esters is 1. The maximum atomic E-state index is 14.1. The molecule has 2 heterocycles. The normalized spacial score (nSPS) is 10.6. The number of carbonyl (C=O) groups is 2. The highest BCUT2D eigenvalue weighted by molar-refractivity contribution is 5.94. The zero-order chi connectivity index (χ0) is 23.4. The van der Waals surface area contributed by atoms with Crippen LogP contribution in [0.3, 0.4) is 0 Å². The molecule has 0 aliphatic heterocycles. The Morgan fingerprint density at radius 2 is 1.97 bits per heavy atom. The molecule has 0 saturated carbocycles. The van der Waals surface area contributed by atoms with Gasteiger partial charge in [0.05, 0.1) is 34.5 Å². The second kappa shape index (κ2) is 9.31. The molecule has 0 spiro atoms. The largest absolute Gasteiger partial charge is 0.450 e. The Balaban J connectivity index is 1.76. The Kier molecular flexibility index (Phi) is 6.12. The number of nitrogens with one attached hydrogen (secondary N) is 2. The highest BCUT2D eigenvalue weighted by Crippen LogP contribution is 2.31. The van der Waals surface area contributed by atoms with Crippen molar-refractivity contribution < 1.29 is 23.5 Å². The van der Waals surface area contributed by atoms with Gasteiger partial charge >= 0.3 is 12.1 Å². The van der Waals surface area contributed by atoms with Gasteiger partial charge in [0.2, 0.25) is 0 Å². The van der Waals surface area contributed by atoms with E-state index in [2.05, 4.69) is 15.3 Å². The Bertz CT molecular complexity index is 1400. The summed E-state index contributed by atoms with van der Waals surface area (Å²) >= 11 is 0. The van der Waals surface area contributed by atoms with Gasteiger partial charge in [0.1, 0.15) is 11.6 Å². The van der Waals surface area contributed by atoms with Crippen LogP contribution in [0.25, 0.3) is 22.2 Å². The fourth-order valence-corrected chi connectivity index (χ4v) is 3.26. The first-order chi connectivity index (χ1) is 16.0. The molecule has 0 aliphatic carbocycles. The van der Waals surface area contributed by atoms with Crippen molar-refractivity contribution in [2.45, 2.75) is 6.92 Å². The van der Waals surface area contributed by atoms with Gasteiger partial charge in [-0.15, -0.1) is 0 Å². The number of rotatable bonds is 5. The first kappa shape index (κ1) is 21.7. The van der Waals surface area contributed by atoms with E-state index in [1.54, 1.807) is 31.2 Å². The van der Waals surface area contributed by atoms with Crippen molar-refractivity contribution in [3.8, 4) is 17.0 Å². The van der Waals surface area contributed by atoms with Gasteiger partial charge < -0.3 is 14.5 Å². The molecule has 4 rings (SSSR count). The first-order valence-electron chi connectivity index (χ1n) is 9.98. The predicted octanol–water partition coefficient (Wildman–Crippen LogP) is 4.52. The van der Waals surface area contributed by atoms with Crippen LogP contribution in [-0.4, -0.2) is 28.6 Å². The van der Waals surface area contributed by atoms with Gasteiger partial charge in [-0.05, 0) is 43.3 Å². The van der Waals surface area contributed by atoms with Crippen LogP contribution in [0.2, 0.25) is 0 Å². The number of fused-ring (bicyclic) bond motifs is 1. The maximum Gasteiger partial charge on any atom is 0.411 e. The van der Waals surface area contributed by atoms with Crippen molar-refractivity contribution in [1.82, 2.24) is 9.97 Å². The molecule has 0 saturated heterocycles. The van der Waals surface area contributed by atoms with Crippen LogP contribution >= 0.6 is 0 Å². The Labute approximate surface area is 187 Å². The third kappa shape index (κ3) is 4.72. The van der Waals surface area contributed by atoms with Crippen LogP contribution in [0.15, 0.2) is 71.8 Å². The van der Waals surface area contributed by atoms with Crippen LogP contribution in [0, 0.1) is 5.82 Å². The molecule has 1 amide bonds. The minimum absolute atomic E-state index is 0.0665. The summed E-state index contributed by atoms with van der Waals surface area (Å²) in [5.74, 6) is -1.12. The molecule has 2 N–H and O–H groups in total. The quantitative estimate of drug-likeness (QED) is 0.344. The average molecular weight is 447 g/mol. The summed E-state index contributed by atoms with van der Waals surface area (Å²) < 4.78 is 24.4. The molecule has 166 valence electrons. The van der Waals surface area contributed by atoms with Crippen molar-refractivity contribution in [2.24, 2.45) is 0 Å². The number of aromatic nitrogens is 2. The molecule has 0 fully saturated rings. The molecule has 9 heteroatoms. The zero-order valence-electron chi connectivity index (χ0n) is 17.4. The monoisotopic (exact) mass is 447 g/mol. The van der Waals surface area contributed by atoms with Gasteiger partial charge in [0.25, 0.3) is 0 Å². The summed E-state index contributed by atoms with van der Waals surface area (Å²) in [5, 5.41) is 2.51. The van der Waals surface area contributed by atoms with Crippen LogP contribution in [0.1, 0.15) is 17.3 Å². The molecular formula is C24H18FN3O5. The van der Waals surface area contributed by atoms with Crippen LogP contribution < -0.4 is 15.5 Å². The summed E-state index contributed by atoms with van der Waals surface area (Å²) in [6, 6.07) is 13.1. The molecule has 0 unspecified atom stereocenters. The molecule has 2 aromatic heterocycles. The van der Waals surface area contributed by atoms with E-state index in [4.69, 9.17) is 9.47 Å². The smallest absolute Gasteiger partial charge is 0.411 e. The number of ether oxygens (including phenoxy) is 2. The van der Waals surface area contributed by atoms with E-state index < -0.39 is 23.3 Å². The number of hydrogen-bond acceptors (Lipinski definition) is 6. The van der Waals surface area contributed by atoms with E-state index >= 15 is 0 Å². The number of nitrogens with zero attached hydrogens (tertiary/aromatic N) is 1. The highest BCUT2D eigenvalue weighted by Gasteiger charge is 2.16. The van der Waals surface area contributed by atoms with Gasteiger partial charge in [-0.2, -0.15) is 0 Å². The van der Waals surface area contributed by atoms with Crippen LogP contribution in [-0.2, 0) is 4.74 Å². The van der Waals surface area contributed by atoms with E-state index in [-0.39, 0.29) is 29.0 Å². The van der Waals surface area contributed by atoms with E-state index in [1.807, 2.05) is 0 Å². The number of carbonyl (C=O) groups excluding carboxylic acids is 2. The third-order valence-corrected chi connectivity index (χ3v) is 4.71. The van der Waals surface area contributed by atoms with Gasteiger partial charge in [0, 0.05) is 30.1 Å². The molecule has 0 bridgehead atoms. The van der Waals surface area contributed by atoms with E-state index in [0.717, 1.165) is 0 Å². The lowest BCUT2D eigenvalue weighted by molar-refractivity contribution is 0.0734. The van der Waals surface area contributed by atoms with E-state index in [1.165, 1.54) is 42.7 Å². The highest BCUT2D eigenvalue weighted by atomic mass is 19.1. The fraction of sp³-hybridized carbons (Fsp3) is 0.0833. The van der Waals surface area contributed by atoms with Gasteiger partial charge in [-0.3, -0.25) is 15.1 Å². The zero-order valence-corrected chi connectivity index (χ0v) is 17.4. The SMILES string of the molecule is CCOC(=O)Nc1cc(OC(=O)c2cccnc2)ccc1-c1cc(=O)c2c(F)cccc2[nH]1. The lowest BCUT2D eigenvalue weighted by atomic mass is 10.1. The molecule has 0 aliphatic rings. The predicted molar refractivity (Wildman–Crippen MR) is 120 cm³/mol. The Morgan fingerprint density at radius 1 is 1.12 bits per heavy atom. The maximum absolute atomic E-state index is 14.1. The molecule has 4 aromatic rings. The lowest BCUT2D eigenvalue weighted by Crippen LogP contribution is -2.15. The van der Waals surface area contributed by atoms with Crippen LogP contribution in [0.4, 0.5) is 14.9 Å². The minimum Gasteiger partial charge on any atom is -0.450 e.